The monoisotopic (exact) mass is 1030 g/mol. The third-order valence-corrected chi connectivity index (χ3v) is 17.2. The molecule has 0 fully saturated rings. The number of anilines is 3. The predicted molar refractivity (Wildman–Crippen MR) is 339 cm³/mol. The van der Waals surface area contributed by atoms with Crippen LogP contribution < -0.4 is 4.90 Å². The predicted octanol–water partition coefficient (Wildman–Crippen LogP) is 20.9. The largest absolute Gasteiger partial charge is 0.310 e. The second-order valence-electron chi connectivity index (χ2n) is 21.5. The van der Waals surface area contributed by atoms with E-state index in [-0.39, 0.29) is 0 Å². The molecule has 2 aliphatic rings. The zero-order valence-electron chi connectivity index (χ0n) is 44.4. The van der Waals surface area contributed by atoms with Crippen molar-refractivity contribution in [2.45, 2.75) is 5.41 Å². The normalized spacial score (nSPS) is 12.5. The number of para-hydroxylation sites is 2. The lowest BCUT2D eigenvalue weighted by molar-refractivity contribution is 0.794. The highest BCUT2D eigenvalue weighted by Crippen LogP contribution is 2.64. The summed E-state index contributed by atoms with van der Waals surface area (Å²) in [7, 11) is 0. The van der Waals surface area contributed by atoms with E-state index in [1.54, 1.807) is 0 Å². The zero-order chi connectivity index (χ0) is 53.4. The number of hydrogen-bond acceptors (Lipinski definition) is 1. The highest BCUT2D eigenvalue weighted by Gasteiger charge is 2.52. The van der Waals surface area contributed by atoms with Gasteiger partial charge < -0.3 is 9.47 Å². The summed E-state index contributed by atoms with van der Waals surface area (Å²) in [4.78, 5) is 2.38. The van der Waals surface area contributed by atoms with Gasteiger partial charge in [0, 0.05) is 33.5 Å². The Bertz CT molecular complexity index is 4680. The molecule has 81 heavy (non-hydrogen) atoms. The van der Waals surface area contributed by atoms with Gasteiger partial charge in [0.1, 0.15) is 0 Å². The average molecular weight is 1030 g/mol. The van der Waals surface area contributed by atoms with E-state index < -0.39 is 5.41 Å². The van der Waals surface area contributed by atoms with Crippen molar-refractivity contribution in [3.8, 4) is 83.6 Å². The second-order valence-corrected chi connectivity index (χ2v) is 21.5. The Hall–Kier alpha value is -10.5. The summed E-state index contributed by atoms with van der Waals surface area (Å²) < 4.78 is 2.42. The molecule has 14 aromatic rings. The first-order valence-electron chi connectivity index (χ1n) is 28.1. The van der Waals surface area contributed by atoms with Crippen LogP contribution >= 0.6 is 0 Å². The smallest absolute Gasteiger partial charge is 0.0725 e. The number of hydrogen-bond donors (Lipinski definition) is 0. The molecule has 1 aromatic heterocycles. The highest BCUT2D eigenvalue weighted by molar-refractivity contribution is 6.16. The number of rotatable bonds is 9. The first-order chi connectivity index (χ1) is 40.2. The third kappa shape index (κ3) is 7.34. The summed E-state index contributed by atoms with van der Waals surface area (Å²) >= 11 is 0. The Morgan fingerprint density at radius 1 is 0.247 bits per heavy atom. The van der Waals surface area contributed by atoms with Gasteiger partial charge in [0.25, 0.3) is 0 Å². The Morgan fingerprint density at radius 3 is 1.35 bits per heavy atom. The lowest BCUT2D eigenvalue weighted by Gasteiger charge is -2.30. The molecule has 0 atom stereocenters. The molecule has 2 nitrogen and oxygen atoms in total. The van der Waals surface area contributed by atoms with E-state index >= 15 is 0 Å². The Labute approximate surface area is 472 Å². The minimum Gasteiger partial charge on any atom is -0.310 e. The fourth-order valence-corrected chi connectivity index (χ4v) is 13.7. The van der Waals surface area contributed by atoms with Crippen molar-refractivity contribution >= 4 is 38.9 Å². The van der Waals surface area contributed by atoms with E-state index in [2.05, 4.69) is 325 Å². The van der Waals surface area contributed by atoms with Gasteiger partial charge >= 0.3 is 0 Å². The molecule has 0 radical (unpaired) electrons. The molecule has 2 aliphatic carbocycles. The van der Waals surface area contributed by atoms with Gasteiger partial charge in [0.05, 0.1) is 16.4 Å². The first-order valence-corrected chi connectivity index (χ1v) is 28.1. The van der Waals surface area contributed by atoms with Crippen LogP contribution in [-0.2, 0) is 5.41 Å². The van der Waals surface area contributed by atoms with E-state index in [0.29, 0.717) is 0 Å². The second kappa shape index (κ2) is 18.8. The molecule has 378 valence electrons. The Balaban J connectivity index is 0.902. The lowest BCUT2D eigenvalue weighted by atomic mass is 9.70. The minimum atomic E-state index is -0.454. The number of fused-ring (bicyclic) bond motifs is 13. The van der Waals surface area contributed by atoms with Gasteiger partial charge in [-0.15, -0.1) is 0 Å². The van der Waals surface area contributed by atoms with Gasteiger partial charge in [-0.05, 0) is 179 Å². The van der Waals surface area contributed by atoms with Gasteiger partial charge in [0.15, 0.2) is 0 Å². The van der Waals surface area contributed by atoms with Gasteiger partial charge in [-0.25, -0.2) is 0 Å². The zero-order valence-corrected chi connectivity index (χ0v) is 44.4. The quantitative estimate of drug-likeness (QED) is 0.140. The molecular weight excluding hydrogens is 977 g/mol. The summed E-state index contributed by atoms with van der Waals surface area (Å²) in [5.74, 6) is 0. The fraction of sp³-hybridized carbons (Fsp3) is 0.0127. The third-order valence-electron chi connectivity index (χ3n) is 17.2. The summed E-state index contributed by atoms with van der Waals surface area (Å²) in [6.45, 7) is 0. The SMILES string of the molecule is c1ccc(-c2ccc(N(c3ccc(-c4cc(-c5cccc6c5-c5ccccc5C65c6ccccc6-c6ccccc65)cc(-c5cccc6c5c5ccccc5n6-c5ccccc5)c4)cc3)c3cccc(-c4ccccc4)c3)cc2)cc1. The number of nitrogens with zero attached hydrogens (tertiary/aromatic N) is 2. The molecule has 0 saturated carbocycles. The molecule has 0 unspecified atom stereocenters. The van der Waals surface area contributed by atoms with Crippen molar-refractivity contribution in [2.75, 3.05) is 4.90 Å². The van der Waals surface area contributed by atoms with Crippen molar-refractivity contribution < 1.29 is 0 Å². The summed E-state index contributed by atoms with van der Waals surface area (Å²) in [5, 5.41) is 2.47. The van der Waals surface area contributed by atoms with Crippen LogP contribution in [-0.4, -0.2) is 4.57 Å². The van der Waals surface area contributed by atoms with Crippen LogP contribution in [0.25, 0.3) is 105 Å². The molecule has 1 heterocycles. The molecule has 0 bridgehead atoms. The molecule has 2 heteroatoms. The molecule has 0 saturated heterocycles. The summed E-state index contributed by atoms with van der Waals surface area (Å²) in [5.41, 5.74) is 28.7. The van der Waals surface area contributed by atoms with Gasteiger partial charge in [-0.2, -0.15) is 0 Å². The molecule has 1 spiro atoms. The van der Waals surface area contributed by atoms with Gasteiger partial charge in [-0.3, -0.25) is 0 Å². The minimum absolute atomic E-state index is 0.454. The van der Waals surface area contributed by atoms with Crippen molar-refractivity contribution in [1.82, 2.24) is 4.57 Å². The van der Waals surface area contributed by atoms with Crippen molar-refractivity contribution in [3.63, 3.8) is 0 Å². The maximum Gasteiger partial charge on any atom is 0.0725 e. The maximum absolute atomic E-state index is 2.46. The van der Waals surface area contributed by atoms with E-state index in [4.69, 9.17) is 0 Å². The maximum atomic E-state index is 2.46. The average Bonchev–Trinajstić information content (AvgIpc) is 4.00. The van der Waals surface area contributed by atoms with Crippen LogP contribution in [0, 0.1) is 0 Å². The highest BCUT2D eigenvalue weighted by atomic mass is 15.1. The van der Waals surface area contributed by atoms with E-state index in [1.165, 1.54) is 111 Å². The van der Waals surface area contributed by atoms with E-state index in [0.717, 1.165) is 33.9 Å². The topological polar surface area (TPSA) is 8.17 Å². The van der Waals surface area contributed by atoms with E-state index in [9.17, 15) is 0 Å². The fourth-order valence-electron chi connectivity index (χ4n) is 13.7. The molecule has 13 aromatic carbocycles. The molecule has 0 aliphatic heterocycles. The van der Waals surface area contributed by atoms with Crippen LogP contribution in [0.2, 0.25) is 0 Å². The Morgan fingerprint density at radius 2 is 0.679 bits per heavy atom. The molecule has 16 rings (SSSR count). The van der Waals surface area contributed by atoms with Crippen molar-refractivity contribution in [3.05, 3.63) is 338 Å². The van der Waals surface area contributed by atoms with Crippen LogP contribution in [0.1, 0.15) is 22.3 Å². The number of benzene rings is 13. The molecule has 0 N–H and O–H groups in total. The van der Waals surface area contributed by atoms with Gasteiger partial charge in [-0.1, -0.05) is 237 Å². The van der Waals surface area contributed by atoms with Crippen LogP contribution in [0.15, 0.2) is 315 Å². The van der Waals surface area contributed by atoms with Crippen molar-refractivity contribution in [1.29, 1.82) is 0 Å². The van der Waals surface area contributed by atoms with Crippen molar-refractivity contribution in [2.24, 2.45) is 0 Å². The lowest BCUT2D eigenvalue weighted by Crippen LogP contribution is -2.25. The standard InChI is InChI=1S/C79H52N2/c1-4-21-53(22-5-1)55-41-45-62(46-42-55)80(64-28-18-25-57(52-64)54-23-6-2-7-24-54)63-47-43-56(44-48-63)58-49-59(51-60(50-58)66-34-20-40-76-78(66)70-32-13-17-39-75(70)81(76)61-26-8-3-9-27-61)65-33-19-38-74-77(65)69-31-12-16-37-73(69)79(74)71-35-14-10-29-67(71)68-30-11-15-36-72(68)79/h1-52H. The van der Waals surface area contributed by atoms with Gasteiger partial charge in [0.2, 0.25) is 0 Å². The van der Waals surface area contributed by atoms with E-state index in [1.807, 2.05) is 0 Å². The van der Waals surface area contributed by atoms with Crippen LogP contribution in [0.3, 0.4) is 0 Å². The number of aromatic nitrogens is 1. The van der Waals surface area contributed by atoms with Crippen LogP contribution in [0.4, 0.5) is 17.1 Å². The molecule has 0 amide bonds. The summed E-state index contributed by atoms with van der Waals surface area (Å²) in [6, 6.07) is 117. The Kier molecular flexibility index (Phi) is 10.8. The summed E-state index contributed by atoms with van der Waals surface area (Å²) in [6.07, 6.45) is 0. The molecular formula is C79H52N2. The first kappa shape index (κ1) is 46.5. The van der Waals surface area contributed by atoms with Crippen LogP contribution in [0.5, 0.6) is 0 Å².